The van der Waals surface area contributed by atoms with E-state index in [1.54, 1.807) is 55.5 Å². The van der Waals surface area contributed by atoms with Crippen LogP contribution in [-0.2, 0) is 11.2 Å². The van der Waals surface area contributed by atoms with Crippen molar-refractivity contribution in [1.82, 2.24) is 10.9 Å². The Morgan fingerprint density at radius 2 is 1.30 bits per heavy atom. The number of benzene rings is 3. The van der Waals surface area contributed by atoms with Gasteiger partial charge in [0.1, 0.15) is 0 Å². The third-order valence-corrected chi connectivity index (χ3v) is 5.26. The molecule has 0 heterocycles. The Kier molecular flexibility index (Phi) is 7.97. The molecule has 170 valence electrons. The van der Waals surface area contributed by atoms with Crippen molar-refractivity contribution in [2.75, 3.05) is 5.32 Å². The third kappa shape index (κ3) is 6.77. The van der Waals surface area contributed by atoms with Crippen LogP contribution in [0, 0.1) is 5.92 Å². The summed E-state index contributed by atoms with van der Waals surface area (Å²) < 4.78 is 0. The second-order valence-corrected chi connectivity index (χ2v) is 8.40. The summed E-state index contributed by atoms with van der Waals surface area (Å²) in [5, 5.41) is 2.78. The molecule has 0 spiro atoms. The fourth-order valence-electron chi connectivity index (χ4n) is 3.36. The Morgan fingerprint density at radius 3 is 1.91 bits per heavy atom. The lowest BCUT2D eigenvalue weighted by Gasteiger charge is -2.14. The van der Waals surface area contributed by atoms with E-state index in [9.17, 15) is 14.4 Å². The van der Waals surface area contributed by atoms with Crippen LogP contribution < -0.4 is 16.2 Å². The third-order valence-electron chi connectivity index (χ3n) is 5.26. The highest BCUT2D eigenvalue weighted by Crippen LogP contribution is 2.18. The summed E-state index contributed by atoms with van der Waals surface area (Å²) in [4.78, 5) is 37.1. The first kappa shape index (κ1) is 23.7. The number of carbonyl (C=O) groups excluding carboxylic acids is 3. The number of hydrazine groups is 1. The Hall–Kier alpha value is -3.93. The zero-order valence-electron chi connectivity index (χ0n) is 19.1. The molecule has 0 aromatic heterocycles. The van der Waals surface area contributed by atoms with Crippen LogP contribution in [0.5, 0.6) is 0 Å². The topological polar surface area (TPSA) is 87.3 Å². The Balaban J connectivity index is 1.51. The number of amides is 3. The summed E-state index contributed by atoms with van der Waals surface area (Å²) in [7, 11) is 0. The van der Waals surface area contributed by atoms with Gasteiger partial charge in [-0.05, 0) is 66.8 Å². The summed E-state index contributed by atoms with van der Waals surface area (Å²) in [6, 6.07) is 23.3. The maximum Gasteiger partial charge on any atom is 0.269 e. The predicted octanol–water partition coefficient (Wildman–Crippen LogP) is 4.70. The second kappa shape index (κ2) is 11.1. The van der Waals surface area contributed by atoms with Crippen molar-refractivity contribution in [1.29, 1.82) is 0 Å². The number of nitrogens with one attached hydrogen (secondary N) is 3. The highest BCUT2D eigenvalue weighted by Gasteiger charge is 2.16. The van der Waals surface area contributed by atoms with E-state index in [2.05, 4.69) is 30.0 Å². The van der Waals surface area contributed by atoms with Gasteiger partial charge in [0.2, 0.25) is 5.91 Å². The van der Waals surface area contributed by atoms with Crippen LogP contribution >= 0.6 is 0 Å². The summed E-state index contributed by atoms with van der Waals surface area (Å²) in [6.45, 7) is 6.13. The van der Waals surface area contributed by atoms with Crippen LogP contribution in [0.15, 0.2) is 78.9 Å². The van der Waals surface area contributed by atoms with E-state index in [-0.39, 0.29) is 11.8 Å². The first-order valence-electron chi connectivity index (χ1n) is 11.0. The maximum atomic E-state index is 12.5. The normalized spacial score (nSPS) is 11.5. The number of hydrogen-bond acceptors (Lipinski definition) is 3. The van der Waals surface area contributed by atoms with Crippen LogP contribution in [0.3, 0.4) is 0 Å². The average Bonchev–Trinajstić information content (AvgIpc) is 2.83. The number of carbonyl (C=O) groups is 3. The van der Waals surface area contributed by atoms with Crippen molar-refractivity contribution >= 4 is 23.4 Å². The van der Waals surface area contributed by atoms with Gasteiger partial charge in [0.25, 0.3) is 11.8 Å². The van der Waals surface area contributed by atoms with Crippen LogP contribution in [0.25, 0.3) is 0 Å². The van der Waals surface area contributed by atoms with E-state index < -0.39 is 11.8 Å². The first-order valence-corrected chi connectivity index (χ1v) is 11.0. The fraction of sp³-hybridized carbons (Fsp3) is 0.222. The molecule has 3 rings (SSSR count). The van der Waals surface area contributed by atoms with Crippen molar-refractivity contribution in [2.24, 2.45) is 5.92 Å². The van der Waals surface area contributed by atoms with Crippen molar-refractivity contribution in [3.8, 4) is 0 Å². The van der Waals surface area contributed by atoms with E-state index in [4.69, 9.17) is 0 Å². The maximum absolute atomic E-state index is 12.5. The van der Waals surface area contributed by atoms with Gasteiger partial charge in [0.05, 0.1) is 5.92 Å². The predicted molar refractivity (Wildman–Crippen MR) is 130 cm³/mol. The van der Waals surface area contributed by atoms with Gasteiger partial charge < -0.3 is 5.32 Å². The minimum atomic E-state index is -0.441. The molecule has 0 bridgehead atoms. The lowest BCUT2D eigenvalue weighted by atomic mass is 9.96. The minimum Gasteiger partial charge on any atom is -0.322 e. The molecule has 0 aliphatic heterocycles. The van der Waals surface area contributed by atoms with Crippen LogP contribution in [0.2, 0.25) is 0 Å². The van der Waals surface area contributed by atoms with E-state index in [0.717, 1.165) is 12.0 Å². The fourth-order valence-corrected chi connectivity index (χ4v) is 3.36. The van der Waals surface area contributed by atoms with Gasteiger partial charge in [-0.3, -0.25) is 25.2 Å². The smallest absolute Gasteiger partial charge is 0.269 e. The first-order chi connectivity index (χ1) is 15.8. The quantitative estimate of drug-likeness (QED) is 0.463. The van der Waals surface area contributed by atoms with Crippen molar-refractivity contribution in [2.45, 2.75) is 33.1 Å². The molecule has 0 aliphatic carbocycles. The van der Waals surface area contributed by atoms with Gasteiger partial charge in [-0.25, -0.2) is 0 Å². The van der Waals surface area contributed by atoms with Gasteiger partial charge in [0, 0.05) is 16.8 Å². The summed E-state index contributed by atoms with van der Waals surface area (Å²) >= 11 is 0. The van der Waals surface area contributed by atoms with Crippen molar-refractivity contribution in [3.05, 3.63) is 101 Å². The molecule has 6 heteroatoms. The Bertz CT molecular complexity index is 1090. The van der Waals surface area contributed by atoms with Gasteiger partial charge >= 0.3 is 0 Å². The summed E-state index contributed by atoms with van der Waals surface area (Å²) in [6.07, 6.45) is 0.992. The standard InChI is InChI=1S/C27H29N3O3/c1-18(2)17-20-9-11-21(12-10-20)19(3)25(31)29-30-27(33)23-13-15-24(16-14-23)28-26(32)22-7-5-4-6-8-22/h4-16,18-19H,17H2,1-3H3,(H,28,32)(H,29,31)(H,30,33). The van der Waals surface area contributed by atoms with Gasteiger partial charge in [0.15, 0.2) is 0 Å². The monoisotopic (exact) mass is 443 g/mol. The molecule has 6 nitrogen and oxygen atoms in total. The van der Waals surface area contributed by atoms with Crippen molar-refractivity contribution < 1.29 is 14.4 Å². The van der Waals surface area contributed by atoms with Gasteiger partial charge in [-0.15, -0.1) is 0 Å². The number of rotatable bonds is 7. The molecule has 0 saturated heterocycles. The van der Waals surface area contributed by atoms with Crippen molar-refractivity contribution in [3.63, 3.8) is 0 Å². The van der Waals surface area contributed by atoms with Gasteiger partial charge in [-0.1, -0.05) is 56.3 Å². The molecule has 0 radical (unpaired) electrons. The highest BCUT2D eigenvalue weighted by molar-refractivity contribution is 6.04. The zero-order valence-corrected chi connectivity index (χ0v) is 19.1. The van der Waals surface area contributed by atoms with E-state index in [0.29, 0.717) is 22.7 Å². The second-order valence-electron chi connectivity index (χ2n) is 8.40. The lowest BCUT2D eigenvalue weighted by molar-refractivity contribution is -0.123. The molecule has 3 aromatic carbocycles. The van der Waals surface area contributed by atoms with Crippen LogP contribution in [0.4, 0.5) is 5.69 Å². The zero-order chi connectivity index (χ0) is 23.8. The van der Waals surface area contributed by atoms with E-state index >= 15 is 0 Å². The number of hydrogen-bond donors (Lipinski definition) is 3. The SMILES string of the molecule is CC(C)Cc1ccc(C(C)C(=O)NNC(=O)c2ccc(NC(=O)c3ccccc3)cc2)cc1. The highest BCUT2D eigenvalue weighted by atomic mass is 16.2. The molecular formula is C27H29N3O3. The molecule has 1 atom stereocenters. The van der Waals surface area contributed by atoms with Crippen LogP contribution in [-0.4, -0.2) is 17.7 Å². The van der Waals surface area contributed by atoms with Gasteiger partial charge in [-0.2, -0.15) is 0 Å². The molecular weight excluding hydrogens is 414 g/mol. The molecule has 0 fully saturated rings. The average molecular weight is 444 g/mol. The number of anilines is 1. The molecule has 33 heavy (non-hydrogen) atoms. The van der Waals surface area contributed by atoms with E-state index in [1.807, 2.05) is 30.3 Å². The molecule has 0 aliphatic rings. The van der Waals surface area contributed by atoms with Crippen LogP contribution in [0.1, 0.15) is 58.5 Å². The molecule has 3 amide bonds. The molecule has 0 saturated carbocycles. The summed E-state index contributed by atoms with van der Waals surface area (Å²) in [5.74, 6) is -0.809. The Labute approximate surface area is 194 Å². The van der Waals surface area contributed by atoms with E-state index in [1.165, 1.54) is 5.56 Å². The molecule has 3 N–H and O–H groups in total. The Morgan fingerprint density at radius 1 is 0.697 bits per heavy atom. The largest absolute Gasteiger partial charge is 0.322 e. The minimum absolute atomic E-state index is 0.230. The molecule has 1 unspecified atom stereocenters. The summed E-state index contributed by atoms with van der Waals surface area (Å²) in [5.41, 5.74) is 8.53. The lowest BCUT2D eigenvalue weighted by Crippen LogP contribution is -2.43. The molecule has 3 aromatic rings.